The number of carbonyl (C=O) groups excluding carboxylic acids is 1. The number of rotatable bonds is 3. The van der Waals surface area contributed by atoms with E-state index in [1.807, 2.05) is 24.8 Å². The summed E-state index contributed by atoms with van der Waals surface area (Å²) in [6, 6.07) is 7.01. The molecular formula is C17H25FN2O. The lowest BCUT2D eigenvalue weighted by Gasteiger charge is -2.35. The molecule has 0 aliphatic carbocycles. The minimum Gasteiger partial charge on any atom is -0.337 e. The smallest absolute Gasteiger partial charge is 0.317 e. The van der Waals surface area contributed by atoms with E-state index >= 15 is 0 Å². The Kier molecular flexibility index (Phi) is 4.86. The molecular weight excluding hydrogens is 267 g/mol. The zero-order valence-electron chi connectivity index (χ0n) is 13.2. The summed E-state index contributed by atoms with van der Waals surface area (Å²) in [7, 11) is 0. The number of likely N-dealkylation sites (tertiary alicyclic amines) is 1. The summed E-state index contributed by atoms with van der Waals surface area (Å²) in [5, 5.41) is 2.97. The van der Waals surface area contributed by atoms with Gasteiger partial charge in [0.05, 0.1) is 0 Å². The first-order valence-electron chi connectivity index (χ1n) is 7.71. The molecule has 0 spiro atoms. The fourth-order valence-corrected chi connectivity index (χ4v) is 2.90. The minimum atomic E-state index is -0.431. The highest BCUT2D eigenvalue weighted by Crippen LogP contribution is 2.25. The van der Waals surface area contributed by atoms with Gasteiger partial charge >= 0.3 is 6.03 Å². The van der Waals surface area contributed by atoms with Crippen molar-refractivity contribution in [3.8, 4) is 0 Å². The Bertz CT molecular complexity index is 501. The Hall–Kier alpha value is -1.58. The van der Waals surface area contributed by atoms with Gasteiger partial charge in [0, 0.05) is 24.5 Å². The Balaban J connectivity index is 1.98. The predicted octanol–water partition coefficient (Wildman–Crippen LogP) is 3.69. The Morgan fingerprint density at radius 2 is 2.10 bits per heavy atom. The number of hydrogen-bond acceptors (Lipinski definition) is 1. The number of nitrogens with zero attached hydrogens (tertiary/aromatic N) is 1. The molecule has 1 N–H and O–H groups in total. The Morgan fingerprint density at radius 1 is 1.38 bits per heavy atom. The number of carbonyl (C=O) groups is 1. The molecule has 0 radical (unpaired) electrons. The van der Waals surface area contributed by atoms with Crippen LogP contribution in [-0.2, 0) is 5.41 Å². The third-order valence-corrected chi connectivity index (χ3v) is 4.35. The first-order chi connectivity index (χ1) is 9.92. The Labute approximate surface area is 126 Å². The molecule has 2 amide bonds. The molecule has 0 aromatic heterocycles. The SMILES string of the molecule is CC1CCCCN1C(=O)NCC(C)(C)c1ccccc1F. The van der Waals surface area contributed by atoms with Gasteiger partial charge < -0.3 is 10.2 Å². The van der Waals surface area contributed by atoms with Crippen LogP contribution in [0, 0.1) is 5.82 Å². The highest BCUT2D eigenvalue weighted by Gasteiger charge is 2.27. The lowest BCUT2D eigenvalue weighted by molar-refractivity contribution is 0.156. The normalized spacial score (nSPS) is 19.4. The van der Waals surface area contributed by atoms with Crippen molar-refractivity contribution in [1.29, 1.82) is 0 Å². The monoisotopic (exact) mass is 292 g/mol. The average Bonchev–Trinajstić information content (AvgIpc) is 2.45. The van der Waals surface area contributed by atoms with E-state index in [1.54, 1.807) is 12.1 Å². The van der Waals surface area contributed by atoms with Gasteiger partial charge in [0.25, 0.3) is 0 Å². The lowest BCUT2D eigenvalue weighted by Crippen LogP contribution is -2.50. The van der Waals surface area contributed by atoms with E-state index in [4.69, 9.17) is 0 Å². The number of benzene rings is 1. The molecule has 3 nitrogen and oxygen atoms in total. The third-order valence-electron chi connectivity index (χ3n) is 4.35. The van der Waals surface area contributed by atoms with Crippen LogP contribution in [0.2, 0.25) is 0 Å². The van der Waals surface area contributed by atoms with Crippen molar-refractivity contribution in [2.45, 2.75) is 51.5 Å². The predicted molar refractivity (Wildman–Crippen MR) is 82.8 cm³/mol. The molecule has 1 unspecified atom stereocenters. The summed E-state index contributed by atoms with van der Waals surface area (Å²) in [5.74, 6) is -0.219. The second-order valence-corrected chi connectivity index (χ2v) is 6.56. The molecule has 1 aliphatic heterocycles. The van der Waals surface area contributed by atoms with Crippen molar-refractivity contribution in [3.63, 3.8) is 0 Å². The molecule has 4 heteroatoms. The van der Waals surface area contributed by atoms with E-state index < -0.39 is 5.41 Å². The molecule has 1 heterocycles. The number of nitrogens with one attached hydrogen (secondary N) is 1. The zero-order chi connectivity index (χ0) is 15.5. The topological polar surface area (TPSA) is 32.3 Å². The molecule has 0 saturated carbocycles. The van der Waals surface area contributed by atoms with Crippen LogP contribution in [0.3, 0.4) is 0 Å². The Morgan fingerprint density at radius 3 is 2.76 bits per heavy atom. The van der Waals surface area contributed by atoms with E-state index in [0.717, 1.165) is 19.4 Å². The van der Waals surface area contributed by atoms with Gasteiger partial charge in [-0.1, -0.05) is 32.0 Å². The number of halogens is 1. The van der Waals surface area contributed by atoms with Crippen LogP contribution in [-0.4, -0.2) is 30.1 Å². The van der Waals surface area contributed by atoms with E-state index in [9.17, 15) is 9.18 Å². The summed E-state index contributed by atoms with van der Waals surface area (Å²) < 4.78 is 13.9. The van der Waals surface area contributed by atoms with Crippen LogP contribution in [0.4, 0.5) is 9.18 Å². The second kappa shape index (κ2) is 6.46. The largest absolute Gasteiger partial charge is 0.337 e. The van der Waals surface area contributed by atoms with Gasteiger partial charge in [-0.2, -0.15) is 0 Å². The summed E-state index contributed by atoms with van der Waals surface area (Å²) in [4.78, 5) is 14.2. The minimum absolute atomic E-state index is 0.0355. The molecule has 1 fully saturated rings. The summed E-state index contributed by atoms with van der Waals surface area (Å²) >= 11 is 0. The van der Waals surface area contributed by atoms with E-state index in [2.05, 4.69) is 12.2 Å². The van der Waals surface area contributed by atoms with Crippen molar-refractivity contribution < 1.29 is 9.18 Å². The van der Waals surface area contributed by atoms with Gasteiger partial charge in [0.1, 0.15) is 5.82 Å². The summed E-state index contributed by atoms with van der Waals surface area (Å²) in [6.45, 7) is 7.22. The van der Waals surface area contributed by atoms with E-state index in [1.165, 1.54) is 12.5 Å². The van der Waals surface area contributed by atoms with E-state index in [0.29, 0.717) is 12.1 Å². The first-order valence-corrected chi connectivity index (χ1v) is 7.71. The van der Waals surface area contributed by atoms with Crippen molar-refractivity contribution in [2.75, 3.05) is 13.1 Å². The molecule has 21 heavy (non-hydrogen) atoms. The van der Waals surface area contributed by atoms with E-state index in [-0.39, 0.29) is 17.9 Å². The maximum Gasteiger partial charge on any atom is 0.317 e. The van der Waals surface area contributed by atoms with Gasteiger partial charge in [0.2, 0.25) is 0 Å². The number of hydrogen-bond donors (Lipinski definition) is 1. The van der Waals surface area contributed by atoms with Gasteiger partial charge in [-0.05, 0) is 37.8 Å². The van der Waals surface area contributed by atoms with Crippen molar-refractivity contribution in [3.05, 3.63) is 35.6 Å². The van der Waals surface area contributed by atoms with Crippen molar-refractivity contribution in [2.24, 2.45) is 0 Å². The van der Waals surface area contributed by atoms with Crippen LogP contribution in [0.1, 0.15) is 45.6 Å². The fraction of sp³-hybridized carbons (Fsp3) is 0.588. The highest BCUT2D eigenvalue weighted by molar-refractivity contribution is 5.74. The quantitative estimate of drug-likeness (QED) is 0.905. The maximum atomic E-state index is 13.9. The van der Waals surface area contributed by atoms with Crippen molar-refractivity contribution in [1.82, 2.24) is 10.2 Å². The molecule has 1 aromatic rings. The molecule has 116 valence electrons. The molecule has 0 bridgehead atoms. The van der Waals surface area contributed by atoms with Crippen LogP contribution >= 0.6 is 0 Å². The third kappa shape index (κ3) is 3.74. The van der Waals surface area contributed by atoms with Crippen molar-refractivity contribution >= 4 is 6.03 Å². The molecule has 1 aromatic carbocycles. The number of urea groups is 1. The van der Waals surface area contributed by atoms with Gasteiger partial charge in [-0.3, -0.25) is 0 Å². The summed E-state index contributed by atoms with van der Waals surface area (Å²) in [5.41, 5.74) is 0.206. The van der Waals surface area contributed by atoms with Crippen LogP contribution in [0.5, 0.6) is 0 Å². The van der Waals surface area contributed by atoms with Crippen LogP contribution in [0.15, 0.2) is 24.3 Å². The number of piperidine rings is 1. The molecule has 1 saturated heterocycles. The van der Waals surface area contributed by atoms with Crippen LogP contribution < -0.4 is 5.32 Å². The molecule has 1 atom stereocenters. The highest BCUT2D eigenvalue weighted by atomic mass is 19.1. The fourth-order valence-electron chi connectivity index (χ4n) is 2.90. The molecule has 1 aliphatic rings. The molecule has 2 rings (SSSR count). The number of amides is 2. The lowest BCUT2D eigenvalue weighted by atomic mass is 9.84. The maximum absolute atomic E-state index is 13.9. The summed E-state index contributed by atoms with van der Waals surface area (Å²) in [6.07, 6.45) is 3.31. The van der Waals surface area contributed by atoms with Gasteiger partial charge in [0.15, 0.2) is 0 Å². The zero-order valence-corrected chi connectivity index (χ0v) is 13.2. The van der Waals surface area contributed by atoms with Crippen LogP contribution in [0.25, 0.3) is 0 Å². The first kappa shape index (κ1) is 15.8. The average molecular weight is 292 g/mol. The van der Waals surface area contributed by atoms with Gasteiger partial charge in [-0.25, -0.2) is 9.18 Å². The second-order valence-electron chi connectivity index (χ2n) is 6.56. The standard InChI is InChI=1S/C17H25FN2O/c1-13-8-6-7-11-20(13)16(21)19-12-17(2,3)14-9-4-5-10-15(14)18/h4-5,9-10,13H,6-8,11-12H2,1-3H3,(H,19,21). The van der Waals surface area contributed by atoms with Gasteiger partial charge in [-0.15, -0.1) is 0 Å².